The first kappa shape index (κ1) is 11.7. The van der Waals surface area contributed by atoms with Crippen LogP contribution in [0.15, 0.2) is 22.7 Å². The Morgan fingerprint density at radius 3 is 2.53 bits per heavy atom. The van der Waals surface area contributed by atoms with Gasteiger partial charge in [-0.15, -0.1) is 0 Å². The van der Waals surface area contributed by atoms with Gasteiger partial charge in [-0.2, -0.15) is 4.98 Å². The fraction of sp³-hybridized carbons (Fsp3) is 0.273. The maximum absolute atomic E-state index is 13.0. The molecule has 0 fully saturated rings. The van der Waals surface area contributed by atoms with Gasteiger partial charge in [0.2, 0.25) is 11.7 Å². The van der Waals surface area contributed by atoms with Gasteiger partial charge in [-0.3, -0.25) is 0 Å². The van der Waals surface area contributed by atoms with E-state index in [0.29, 0.717) is 12.3 Å². The quantitative estimate of drug-likeness (QED) is 0.888. The predicted molar refractivity (Wildman–Crippen MR) is 57.0 cm³/mol. The molecule has 90 valence electrons. The lowest BCUT2D eigenvalue weighted by atomic mass is 10.2. The van der Waals surface area contributed by atoms with Crippen molar-refractivity contribution >= 4 is 0 Å². The molecule has 0 spiro atoms. The highest BCUT2D eigenvalue weighted by Crippen LogP contribution is 2.18. The molecule has 17 heavy (non-hydrogen) atoms. The summed E-state index contributed by atoms with van der Waals surface area (Å²) < 4.78 is 30.9. The van der Waals surface area contributed by atoms with E-state index in [2.05, 4.69) is 10.1 Å². The monoisotopic (exact) mass is 239 g/mol. The normalized spacial score (nSPS) is 12.7. The summed E-state index contributed by atoms with van der Waals surface area (Å²) in [5, 5.41) is 3.65. The molecule has 2 aromatic rings. The Labute approximate surface area is 96.4 Å². The van der Waals surface area contributed by atoms with Gasteiger partial charge in [0.1, 0.15) is 11.6 Å². The van der Waals surface area contributed by atoms with Gasteiger partial charge in [0.25, 0.3) is 0 Å². The van der Waals surface area contributed by atoms with E-state index in [9.17, 15) is 8.78 Å². The molecule has 1 heterocycles. The average Bonchev–Trinajstić information content (AvgIpc) is 2.63. The molecule has 4 nitrogen and oxygen atoms in total. The minimum atomic E-state index is -0.682. The van der Waals surface area contributed by atoms with E-state index in [1.807, 2.05) is 0 Å². The first-order valence-electron chi connectivity index (χ1n) is 5.09. The van der Waals surface area contributed by atoms with Crippen LogP contribution < -0.4 is 5.73 Å². The molecule has 2 N–H and O–H groups in total. The molecule has 0 saturated carbocycles. The number of benzene rings is 1. The first-order valence-corrected chi connectivity index (χ1v) is 5.09. The third kappa shape index (κ3) is 2.85. The van der Waals surface area contributed by atoms with Crippen molar-refractivity contribution in [3.63, 3.8) is 0 Å². The van der Waals surface area contributed by atoms with Crippen LogP contribution in [0.25, 0.3) is 11.4 Å². The highest BCUT2D eigenvalue weighted by Gasteiger charge is 2.11. The van der Waals surface area contributed by atoms with Crippen LogP contribution in [0.3, 0.4) is 0 Å². The molecular weight excluding hydrogens is 228 g/mol. The molecule has 0 radical (unpaired) electrons. The van der Waals surface area contributed by atoms with Crippen LogP contribution >= 0.6 is 0 Å². The van der Waals surface area contributed by atoms with Crippen molar-refractivity contribution in [3.8, 4) is 11.4 Å². The number of aromatic nitrogens is 2. The van der Waals surface area contributed by atoms with Crippen LogP contribution in [0.2, 0.25) is 0 Å². The molecule has 1 aromatic carbocycles. The fourth-order valence-corrected chi connectivity index (χ4v) is 1.41. The molecule has 6 heteroatoms. The van der Waals surface area contributed by atoms with Gasteiger partial charge in [-0.25, -0.2) is 8.78 Å². The second-order valence-corrected chi connectivity index (χ2v) is 3.85. The third-order valence-corrected chi connectivity index (χ3v) is 2.09. The maximum Gasteiger partial charge on any atom is 0.228 e. The highest BCUT2D eigenvalue weighted by atomic mass is 19.1. The smallest absolute Gasteiger partial charge is 0.228 e. The van der Waals surface area contributed by atoms with E-state index in [1.165, 1.54) is 0 Å². The first-order chi connectivity index (χ1) is 8.04. The van der Waals surface area contributed by atoms with Crippen molar-refractivity contribution in [2.75, 3.05) is 0 Å². The molecule has 0 saturated heterocycles. The molecule has 1 aromatic heterocycles. The van der Waals surface area contributed by atoms with Gasteiger partial charge in [0, 0.05) is 24.1 Å². The van der Waals surface area contributed by atoms with Crippen LogP contribution in [0, 0.1) is 11.6 Å². The van der Waals surface area contributed by atoms with E-state index in [0.717, 1.165) is 18.2 Å². The van der Waals surface area contributed by atoms with E-state index >= 15 is 0 Å². The Morgan fingerprint density at radius 2 is 1.94 bits per heavy atom. The van der Waals surface area contributed by atoms with Crippen LogP contribution in [0.4, 0.5) is 8.78 Å². The minimum absolute atomic E-state index is 0.118. The SMILES string of the molecule is CC(N)Cc1nc(-c2cc(F)cc(F)c2)no1. The van der Waals surface area contributed by atoms with Gasteiger partial charge in [-0.05, 0) is 19.1 Å². The van der Waals surface area contributed by atoms with Crippen LogP contribution in [-0.2, 0) is 6.42 Å². The summed E-state index contributed by atoms with van der Waals surface area (Å²) in [6, 6.07) is 2.95. The zero-order chi connectivity index (χ0) is 12.4. The number of nitrogens with zero attached hydrogens (tertiary/aromatic N) is 2. The number of hydrogen-bond donors (Lipinski definition) is 1. The second kappa shape index (κ2) is 4.58. The number of rotatable bonds is 3. The molecule has 1 atom stereocenters. The number of halogens is 2. The Morgan fingerprint density at radius 1 is 1.29 bits per heavy atom. The molecular formula is C11H11F2N3O. The van der Waals surface area contributed by atoms with Crippen molar-refractivity contribution in [2.24, 2.45) is 5.73 Å². The number of nitrogens with two attached hydrogens (primary N) is 1. The minimum Gasteiger partial charge on any atom is -0.339 e. The number of hydrogen-bond acceptors (Lipinski definition) is 4. The van der Waals surface area contributed by atoms with Gasteiger partial charge < -0.3 is 10.3 Å². The summed E-state index contributed by atoms with van der Waals surface area (Å²) in [7, 11) is 0. The Balaban J connectivity index is 2.30. The van der Waals surface area contributed by atoms with Crippen molar-refractivity contribution < 1.29 is 13.3 Å². The lowest BCUT2D eigenvalue weighted by molar-refractivity contribution is 0.372. The third-order valence-electron chi connectivity index (χ3n) is 2.09. The molecule has 2 rings (SSSR count). The van der Waals surface area contributed by atoms with Crippen LogP contribution in [-0.4, -0.2) is 16.2 Å². The lowest BCUT2D eigenvalue weighted by Crippen LogP contribution is -2.17. The van der Waals surface area contributed by atoms with Gasteiger partial charge in [0.15, 0.2) is 0 Å². The summed E-state index contributed by atoms with van der Waals surface area (Å²) in [5.74, 6) is -0.865. The molecule has 1 unspecified atom stereocenters. The summed E-state index contributed by atoms with van der Waals surface area (Å²) >= 11 is 0. The van der Waals surface area contributed by atoms with Crippen molar-refractivity contribution in [1.82, 2.24) is 10.1 Å². The molecule has 0 bridgehead atoms. The van der Waals surface area contributed by atoms with E-state index in [4.69, 9.17) is 10.3 Å². The van der Waals surface area contributed by atoms with Crippen LogP contribution in [0.1, 0.15) is 12.8 Å². The summed E-state index contributed by atoms with van der Waals surface area (Å²) in [6.07, 6.45) is 0.421. The maximum atomic E-state index is 13.0. The second-order valence-electron chi connectivity index (χ2n) is 3.85. The summed E-state index contributed by atoms with van der Waals surface area (Å²) in [4.78, 5) is 4.01. The van der Waals surface area contributed by atoms with Gasteiger partial charge in [-0.1, -0.05) is 5.16 Å². The zero-order valence-electron chi connectivity index (χ0n) is 9.15. The van der Waals surface area contributed by atoms with E-state index < -0.39 is 11.6 Å². The largest absolute Gasteiger partial charge is 0.339 e. The van der Waals surface area contributed by atoms with Crippen molar-refractivity contribution in [2.45, 2.75) is 19.4 Å². The fourth-order valence-electron chi connectivity index (χ4n) is 1.41. The predicted octanol–water partition coefficient (Wildman–Crippen LogP) is 1.90. The lowest BCUT2D eigenvalue weighted by Gasteiger charge is -1.97. The van der Waals surface area contributed by atoms with Crippen molar-refractivity contribution in [1.29, 1.82) is 0 Å². The summed E-state index contributed by atoms with van der Waals surface area (Å²) in [6.45, 7) is 1.80. The zero-order valence-corrected chi connectivity index (χ0v) is 9.15. The Bertz CT molecular complexity index is 505. The molecule has 0 aliphatic carbocycles. The molecule has 0 aliphatic rings. The van der Waals surface area contributed by atoms with Crippen molar-refractivity contribution in [3.05, 3.63) is 35.7 Å². The Hall–Kier alpha value is -1.82. The van der Waals surface area contributed by atoms with Gasteiger partial charge >= 0.3 is 0 Å². The molecule has 0 amide bonds. The van der Waals surface area contributed by atoms with E-state index in [1.54, 1.807) is 6.92 Å². The summed E-state index contributed by atoms with van der Waals surface area (Å²) in [5.41, 5.74) is 5.81. The highest BCUT2D eigenvalue weighted by molar-refractivity contribution is 5.54. The standard InChI is InChI=1S/C11H11F2N3O/c1-6(14)2-10-15-11(16-17-10)7-3-8(12)5-9(13)4-7/h3-6H,2,14H2,1H3. The Kier molecular flexibility index (Phi) is 3.14. The average molecular weight is 239 g/mol. The van der Waals surface area contributed by atoms with E-state index in [-0.39, 0.29) is 17.4 Å². The molecule has 0 aliphatic heterocycles. The van der Waals surface area contributed by atoms with Crippen LogP contribution in [0.5, 0.6) is 0 Å². The van der Waals surface area contributed by atoms with Gasteiger partial charge in [0.05, 0.1) is 0 Å². The topological polar surface area (TPSA) is 64.9 Å².